The van der Waals surface area contributed by atoms with Crippen LogP contribution in [-0.2, 0) is 0 Å². The quantitative estimate of drug-likeness (QED) is 0.782. The van der Waals surface area contributed by atoms with Crippen LogP contribution >= 0.6 is 0 Å². The summed E-state index contributed by atoms with van der Waals surface area (Å²) in [5.74, 6) is -0.147. The molecule has 1 fully saturated rings. The van der Waals surface area contributed by atoms with Gasteiger partial charge in [0.25, 0.3) is 5.91 Å². The van der Waals surface area contributed by atoms with Crippen molar-refractivity contribution in [3.63, 3.8) is 0 Å². The Bertz CT molecular complexity index is 633. The zero-order valence-corrected chi connectivity index (χ0v) is 11.2. The highest BCUT2D eigenvalue weighted by molar-refractivity contribution is 6.03. The largest absolute Gasteiger partial charge is 0.506 e. The Morgan fingerprint density at radius 3 is 2.90 bits per heavy atom. The molecule has 1 saturated heterocycles. The molecular weight excluding hydrogens is 252 g/mol. The van der Waals surface area contributed by atoms with Crippen molar-refractivity contribution in [2.75, 3.05) is 13.1 Å². The summed E-state index contributed by atoms with van der Waals surface area (Å²) in [6, 6.07) is 11.2. The van der Waals surface area contributed by atoms with E-state index in [0.29, 0.717) is 10.9 Å². The van der Waals surface area contributed by atoms with Crippen molar-refractivity contribution in [1.82, 2.24) is 10.6 Å². The van der Waals surface area contributed by atoms with E-state index >= 15 is 0 Å². The number of hydrogen-bond acceptors (Lipinski definition) is 3. The van der Waals surface area contributed by atoms with E-state index in [9.17, 15) is 9.90 Å². The van der Waals surface area contributed by atoms with E-state index < -0.39 is 0 Å². The summed E-state index contributed by atoms with van der Waals surface area (Å²) in [7, 11) is 0. The summed E-state index contributed by atoms with van der Waals surface area (Å²) in [6.07, 6.45) is 2.04. The summed E-state index contributed by atoms with van der Waals surface area (Å²) in [6.45, 7) is 1.80. The lowest BCUT2D eigenvalue weighted by Crippen LogP contribution is -2.45. The third kappa shape index (κ3) is 2.47. The van der Waals surface area contributed by atoms with Crippen LogP contribution in [0, 0.1) is 0 Å². The number of amides is 1. The van der Waals surface area contributed by atoms with E-state index in [1.165, 1.54) is 0 Å². The zero-order valence-electron chi connectivity index (χ0n) is 11.2. The van der Waals surface area contributed by atoms with Crippen molar-refractivity contribution in [3.8, 4) is 5.75 Å². The molecule has 0 aliphatic carbocycles. The van der Waals surface area contributed by atoms with Crippen molar-refractivity contribution in [3.05, 3.63) is 42.0 Å². The summed E-state index contributed by atoms with van der Waals surface area (Å²) in [5.41, 5.74) is 0.342. The average molecular weight is 270 g/mol. The summed E-state index contributed by atoms with van der Waals surface area (Å²) < 4.78 is 0. The fourth-order valence-electron chi connectivity index (χ4n) is 2.68. The lowest BCUT2D eigenvalue weighted by molar-refractivity contribution is 0.0928. The Balaban J connectivity index is 1.85. The topological polar surface area (TPSA) is 61.4 Å². The number of piperidine rings is 1. The number of carbonyl (C=O) groups is 1. The molecule has 0 saturated carbocycles. The maximum absolute atomic E-state index is 12.3. The highest BCUT2D eigenvalue weighted by Gasteiger charge is 2.19. The molecule has 3 rings (SSSR count). The Kier molecular flexibility index (Phi) is 3.56. The Morgan fingerprint density at radius 2 is 2.10 bits per heavy atom. The van der Waals surface area contributed by atoms with Crippen LogP contribution in [0.1, 0.15) is 23.2 Å². The van der Waals surface area contributed by atoms with Crippen molar-refractivity contribution >= 4 is 16.7 Å². The van der Waals surface area contributed by atoms with Crippen molar-refractivity contribution in [1.29, 1.82) is 0 Å². The van der Waals surface area contributed by atoms with Gasteiger partial charge in [0.15, 0.2) is 0 Å². The van der Waals surface area contributed by atoms with E-state index in [1.54, 1.807) is 6.07 Å². The molecule has 3 N–H and O–H groups in total. The molecule has 0 spiro atoms. The number of phenols is 1. The standard InChI is InChI=1S/C16H18N2O2/c19-15-13-6-2-1-4-11(13)7-8-14(15)16(20)18-12-5-3-9-17-10-12/h1-2,4,6-8,12,17,19H,3,5,9-10H2,(H,18,20)/t12-/m1/s1. The van der Waals surface area contributed by atoms with E-state index in [4.69, 9.17) is 0 Å². The summed E-state index contributed by atoms with van der Waals surface area (Å²) >= 11 is 0. The molecule has 1 aliphatic heterocycles. The van der Waals surface area contributed by atoms with Crippen LogP contribution in [0.5, 0.6) is 5.75 Å². The molecule has 0 unspecified atom stereocenters. The molecule has 1 atom stereocenters. The van der Waals surface area contributed by atoms with Gasteiger partial charge in [0.05, 0.1) is 5.56 Å². The molecule has 1 aliphatic rings. The van der Waals surface area contributed by atoms with Gasteiger partial charge in [-0.1, -0.05) is 30.3 Å². The predicted molar refractivity (Wildman–Crippen MR) is 79.0 cm³/mol. The number of benzene rings is 2. The van der Waals surface area contributed by atoms with Gasteiger partial charge in [-0.2, -0.15) is 0 Å². The van der Waals surface area contributed by atoms with Gasteiger partial charge in [0.2, 0.25) is 0 Å². The molecule has 20 heavy (non-hydrogen) atoms. The monoisotopic (exact) mass is 270 g/mol. The van der Waals surface area contributed by atoms with Gasteiger partial charge in [-0.05, 0) is 30.8 Å². The molecule has 104 valence electrons. The number of aromatic hydroxyl groups is 1. The first kappa shape index (κ1) is 12.9. The minimum atomic E-state index is -0.207. The second-order valence-electron chi connectivity index (χ2n) is 5.20. The molecule has 4 heteroatoms. The maximum atomic E-state index is 12.3. The van der Waals surface area contributed by atoms with E-state index in [0.717, 1.165) is 31.3 Å². The van der Waals surface area contributed by atoms with E-state index in [2.05, 4.69) is 10.6 Å². The van der Waals surface area contributed by atoms with Crippen LogP contribution < -0.4 is 10.6 Å². The van der Waals surface area contributed by atoms with Gasteiger partial charge in [0.1, 0.15) is 5.75 Å². The number of carbonyl (C=O) groups excluding carboxylic acids is 1. The lowest BCUT2D eigenvalue weighted by Gasteiger charge is -2.24. The third-order valence-corrected chi connectivity index (χ3v) is 3.78. The number of hydrogen-bond donors (Lipinski definition) is 3. The summed E-state index contributed by atoms with van der Waals surface area (Å²) in [5, 5.41) is 18.2. The van der Waals surface area contributed by atoms with Crippen LogP contribution in [0.2, 0.25) is 0 Å². The molecule has 1 amide bonds. The van der Waals surface area contributed by atoms with E-state index in [1.807, 2.05) is 30.3 Å². The van der Waals surface area contributed by atoms with Gasteiger partial charge in [-0.25, -0.2) is 0 Å². The molecule has 2 aromatic carbocycles. The fourth-order valence-corrected chi connectivity index (χ4v) is 2.68. The molecular formula is C16H18N2O2. The molecule has 0 radical (unpaired) electrons. The molecule has 0 aromatic heterocycles. The van der Waals surface area contributed by atoms with Crippen LogP contribution in [0.4, 0.5) is 0 Å². The molecule has 1 heterocycles. The Hall–Kier alpha value is -2.07. The molecule has 0 bridgehead atoms. The minimum Gasteiger partial charge on any atom is -0.506 e. The second-order valence-corrected chi connectivity index (χ2v) is 5.20. The number of nitrogens with one attached hydrogen (secondary N) is 2. The van der Waals surface area contributed by atoms with Crippen LogP contribution in [0.25, 0.3) is 10.8 Å². The summed E-state index contributed by atoms with van der Waals surface area (Å²) in [4.78, 5) is 12.3. The number of phenolic OH excluding ortho intramolecular Hbond substituents is 1. The average Bonchev–Trinajstić information content (AvgIpc) is 2.49. The van der Waals surface area contributed by atoms with Gasteiger partial charge >= 0.3 is 0 Å². The smallest absolute Gasteiger partial charge is 0.255 e. The van der Waals surface area contributed by atoms with Crippen LogP contribution in [0.3, 0.4) is 0 Å². The number of fused-ring (bicyclic) bond motifs is 1. The van der Waals surface area contributed by atoms with Gasteiger partial charge in [-0.15, -0.1) is 0 Å². The Labute approximate surface area is 117 Å². The number of rotatable bonds is 2. The first-order valence-electron chi connectivity index (χ1n) is 6.98. The molecule has 4 nitrogen and oxygen atoms in total. The minimum absolute atomic E-state index is 0.0596. The van der Waals surface area contributed by atoms with Gasteiger partial charge in [-0.3, -0.25) is 4.79 Å². The van der Waals surface area contributed by atoms with Gasteiger partial charge < -0.3 is 15.7 Å². The Morgan fingerprint density at radius 1 is 1.25 bits per heavy atom. The highest BCUT2D eigenvalue weighted by Crippen LogP contribution is 2.28. The second kappa shape index (κ2) is 5.51. The zero-order chi connectivity index (χ0) is 13.9. The third-order valence-electron chi connectivity index (χ3n) is 3.78. The van der Waals surface area contributed by atoms with Crippen LogP contribution in [0.15, 0.2) is 36.4 Å². The van der Waals surface area contributed by atoms with Gasteiger partial charge in [0, 0.05) is 18.0 Å². The van der Waals surface area contributed by atoms with E-state index in [-0.39, 0.29) is 17.7 Å². The first-order valence-corrected chi connectivity index (χ1v) is 6.98. The first-order chi connectivity index (χ1) is 9.75. The predicted octanol–water partition coefficient (Wildman–Crippen LogP) is 2.03. The van der Waals surface area contributed by atoms with Crippen molar-refractivity contribution < 1.29 is 9.90 Å². The maximum Gasteiger partial charge on any atom is 0.255 e. The SMILES string of the molecule is O=C(N[C@@H]1CCCNC1)c1ccc2ccccc2c1O. The normalized spacial score (nSPS) is 18.9. The fraction of sp³-hybridized carbons (Fsp3) is 0.312. The van der Waals surface area contributed by atoms with Crippen molar-refractivity contribution in [2.24, 2.45) is 0 Å². The highest BCUT2D eigenvalue weighted by atomic mass is 16.3. The lowest BCUT2D eigenvalue weighted by atomic mass is 10.0. The van der Waals surface area contributed by atoms with Crippen molar-refractivity contribution in [2.45, 2.75) is 18.9 Å². The molecule has 2 aromatic rings. The van der Waals surface area contributed by atoms with Crippen LogP contribution in [-0.4, -0.2) is 30.1 Å².